The molecule has 0 bridgehead atoms. The van der Waals surface area contributed by atoms with Crippen LogP contribution in [0.15, 0.2) is 29.3 Å². The van der Waals surface area contributed by atoms with E-state index in [2.05, 4.69) is 40.4 Å². The van der Waals surface area contributed by atoms with Crippen molar-refractivity contribution < 1.29 is 9.47 Å². The van der Waals surface area contributed by atoms with Crippen molar-refractivity contribution in [3.8, 4) is 0 Å². The Bertz CT molecular complexity index is 592. The average Bonchev–Trinajstić information content (AvgIpc) is 2.69. The van der Waals surface area contributed by atoms with E-state index in [1.54, 1.807) is 7.05 Å². The molecule has 7 heteroatoms. The molecule has 2 N–H and O–H groups in total. The maximum atomic E-state index is 6.24. The van der Waals surface area contributed by atoms with Crippen molar-refractivity contribution in [3.63, 3.8) is 0 Å². The normalized spacial score (nSPS) is 17.0. The second-order valence-corrected chi connectivity index (χ2v) is 7.86. The summed E-state index contributed by atoms with van der Waals surface area (Å²) in [5.41, 5.74) is 1.21. The Balaban J connectivity index is 1.85. The predicted octanol–water partition coefficient (Wildman–Crippen LogP) is 2.94. The Morgan fingerprint density at radius 2 is 2.07 bits per heavy atom. The minimum absolute atomic E-state index is 0.218. The molecule has 6 nitrogen and oxygen atoms in total. The van der Waals surface area contributed by atoms with E-state index >= 15 is 0 Å². The number of aliphatic imine (C=N–C) groups is 1. The summed E-state index contributed by atoms with van der Waals surface area (Å²) < 4.78 is 11.1. The maximum absolute atomic E-state index is 6.24. The molecule has 0 amide bonds. The summed E-state index contributed by atoms with van der Waals surface area (Å²) in [6.07, 6.45) is 0.953. The number of hydrogen-bond donors (Lipinski definition) is 2. The predicted molar refractivity (Wildman–Crippen MR) is 116 cm³/mol. The van der Waals surface area contributed by atoms with Gasteiger partial charge in [-0.05, 0) is 30.0 Å². The van der Waals surface area contributed by atoms with E-state index in [4.69, 9.17) is 21.1 Å². The standard InChI is InChI=1S/C21H35ClN4O2/c1-17(2)16-28-11-5-8-24-21(23-3)25-15-20(26-9-12-27-13-10-26)18-6-4-7-19(22)14-18/h4,6-7,14,17,20H,5,8-13,15-16H2,1-3H3,(H2,23,24,25). The number of rotatable bonds is 10. The van der Waals surface area contributed by atoms with Crippen LogP contribution in [-0.2, 0) is 9.47 Å². The van der Waals surface area contributed by atoms with Crippen LogP contribution in [0.5, 0.6) is 0 Å². The molecule has 28 heavy (non-hydrogen) atoms. The fourth-order valence-electron chi connectivity index (χ4n) is 3.17. The average molecular weight is 411 g/mol. The number of morpholine rings is 1. The second kappa shape index (κ2) is 13.0. The van der Waals surface area contributed by atoms with E-state index in [1.807, 2.05) is 18.2 Å². The van der Waals surface area contributed by atoms with Crippen LogP contribution in [0, 0.1) is 5.92 Å². The zero-order chi connectivity index (χ0) is 20.2. The molecule has 1 atom stereocenters. The van der Waals surface area contributed by atoms with Gasteiger partial charge in [0.25, 0.3) is 0 Å². The molecular weight excluding hydrogens is 376 g/mol. The first-order valence-electron chi connectivity index (χ1n) is 10.2. The van der Waals surface area contributed by atoms with Gasteiger partial charge in [0.05, 0.1) is 19.3 Å². The molecule has 0 radical (unpaired) electrons. The second-order valence-electron chi connectivity index (χ2n) is 7.42. The van der Waals surface area contributed by atoms with Crippen LogP contribution in [0.3, 0.4) is 0 Å². The third-order valence-electron chi connectivity index (χ3n) is 4.62. The van der Waals surface area contributed by atoms with Crippen LogP contribution in [0.4, 0.5) is 0 Å². The Morgan fingerprint density at radius 1 is 1.29 bits per heavy atom. The summed E-state index contributed by atoms with van der Waals surface area (Å²) in [6.45, 7) is 10.8. The first-order chi connectivity index (χ1) is 13.6. The fourth-order valence-corrected chi connectivity index (χ4v) is 3.37. The quantitative estimate of drug-likeness (QED) is 0.353. The summed E-state index contributed by atoms with van der Waals surface area (Å²) >= 11 is 6.24. The molecule has 1 aliphatic rings. The summed E-state index contributed by atoms with van der Waals surface area (Å²) in [5.74, 6) is 1.38. The van der Waals surface area contributed by atoms with E-state index in [1.165, 1.54) is 5.56 Å². The van der Waals surface area contributed by atoms with Gasteiger partial charge in [0.15, 0.2) is 5.96 Å². The molecule has 0 aliphatic carbocycles. The Labute approximate surface area is 174 Å². The lowest BCUT2D eigenvalue weighted by Crippen LogP contribution is -2.46. The van der Waals surface area contributed by atoms with E-state index in [0.29, 0.717) is 5.92 Å². The third kappa shape index (κ3) is 8.35. The highest BCUT2D eigenvalue weighted by molar-refractivity contribution is 6.30. The van der Waals surface area contributed by atoms with Gasteiger partial charge in [0, 0.05) is 51.5 Å². The van der Waals surface area contributed by atoms with Crippen molar-refractivity contribution in [3.05, 3.63) is 34.9 Å². The van der Waals surface area contributed by atoms with Crippen LogP contribution >= 0.6 is 11.6 Å². The smallest absolute Gasteiger partial charge is 0.191 e. The molecule has 0 aromatic heterocycles. The summed E-state index contributed by atoms with van der Waals surface area (Å²) in [6, 6.07) is 8.32. The number of hydrogen-bond acceptors (Lipinski definition) is 4. The molecule has 1 aromatic carbocycles. The molecule has 1 aromatic rings. The zero-order valence-corrected chi connectivity index (χ0v) is 18.2. The number of halogens is 1. The minimum Gasteiger partial charge on any atom is -0.381 e. The largest absolute Gasteiger partial charge is 0.381 e. The topological polar surface area (TPSA) is 58.1 Å². The van der Waals surface area contributed by atoms with Gasteiger partial charge in [-0.25, -0.2) is 0 Å². The Kier molecular flexibility index (Phi) is 10.6. The molecule has 1 heterocycles. The van der Waals surface area contributed by atoms with E-state index in [9.17, 15) is 0 Å². The number of guanidine groups is 1. The Hall–Kier alpha value is -1.34. The van der Waals surface area contributed by atoms with Crippen LogP contribution in [0.1, 0.15) is 31.9 Å². The summed E-state index contributed by atoms with van der Waals surface area (Å²) in [7, 11) is 1.80. The number of ether oxygens (including phenoxy) is 2. The molecule has 1 saturated heterocycles. The monoisotopic (exact) mass is 410 g/mol. The van der Waals surface area contributed by atoms with Gasteiger partial charge < -0.3 is 20.1 Å². The van der Waals surface area contributed by atoms with Crippen LogP contribution < -0.4 is 10.6 Å². The lowest BCUT2D eigenvalue weighted by molar-refractivity contribution is 0.0170. The van der Waals surface area contributed by atoms with Crippen molar-refractivity contribution in [2.24, 2.45) is 10.9 Å². The molecule has 1 fully saturated rings. The lowest BCUT2D eigenvalue weighted by atomic mass is 10.0. The summed E-state index contributed by atoms with van der Waals surface area (Å²) in [4.78, 5) is 6.79. The van der Waals surface area contributed by atoms with Crippen LogP contribution in [0.25, 0.3) is 0 Å². The van der Waals surface area contributed by atoms with Gasteiger partial charge in [-0.1, -0.05) is 37.6 Å². The highest BCUT2D eigenvalue weighted by Crippen LogP contribution is 2.23. The van der Waals surface area contributed by atoms with E-state index in [0.717, 1.165) is 70.0 Å². The zero-order valence-electron chi connectivity index (χ0n) is 17.4. The fraction of sp³-hybridized carbons (Fsp3) is 0.667. The summed E-state index contributed by atoms with van der Waals surface area (Å²) in [5, 5.41) is 7.60. The highest BCUT2D eigenvalue weighted by atomic mass is 35.5. The van der Waals surface area contributed by atoms with Crippen LogP contribution in [0.2, 0.25) is 5.02 Å². The van der Waals surface area contributed by atoms with Crippen molar-refractivity contribution >= 4 is 17.6 Å². The number of nitrogens with zero attached hydrogens (tertiary/aromatic N) is 2. The van der Waals surface area contributed by atoms with Gasteiger partial charge >= 0.3 is 0 Å². The number of nitrogens with one attached hydrogen (secondary N) is 2. The van der Waals surface area contributed by atoms with Crippen molar-refractivity contribution in [2.75, 3.05) is 59.7 Å². The molecule has 0 saturated carbocycles. The van der Waals surface area contributed by atoms with E-state index in [-0.39, 0.29) is 6.04 Å². The molecular formula is C21H35ClN4O2. The van der Waals surface area contributed by atoms with Gasteiger partial charge in [-0.3, -0.25) is 9.89 Å². The van der Waals surface area contributed by atoms with Crippen molar-refractivity contribution in [1.29, 1.82) is 0 Å². The van der Waals surface area contributed by atoms with Crippen molar-refractivity contribution in [1.82, 2.24) is 15.5 Å². The molecule has 1 aliphatic heterocycles. The maximum Gasteiger partial charge on any atom is 0.191 e. The van der Waals surface area contributed by atoms with Crippen LogP contribution in [-0.4, -0.2) is 70.5 Å². The SMILES string of the molecule is CN=C(NCCCOCC(C)C)NCC(c1cccc(Cl)c1)N1CCOCC1. The Morgan fingerprint density at radius 3 is 2.75 bits per heavy atom. The number of benzene rings is 1. The molecule has 2 rings (SSSR count). The van der Waals surface area contributed by atoms with Gasteiger partial charge in [0.1, 0.15) is 0 Å². The van der Waals surface area contributed by atoms with E-state index < -0.39 is 0 Å². The third-order valence-corrected chi connectivity index (χ3v) is 4.85. The molecule has 1 unspecified atom stereocenters. The lowest BCUT2D eigenvalue weighted by Gasteiger charge is -2.35. The first-order valence-corrected chi connectivity index (χ1v) is 10.6. The minimum atomic E-state index is 0.218. The van der Waals surface area contributed by atoms with Gasteiger partial charge in [-0.15, -0.1) is 0 Å². The molecule has 0 spiro atoms. The van der Waals surface area contributed by atoms with Crippen molar-refractivity contribution in [2.45, 2.75) is 26.3 Å². The van der Waals surface area contributed by atoms with Gasteiger partial charge in [0.2, 0.25) is 0 Å². The molecule has 158 valence electrons. The van der Waals surface area contributed by atoms with Gasteiger partial charge in [-0.2, -0.15) is 0 Å². The highest BCUT2D eigenvalue weighted by Gasteiger charge is 2.23. The first kappa shape index (κ1) is 22.9.